The summed E-state index contributed by atoms with van der Waals surface area (Å²) in [4.78, 5) is 13.7. The zero-order valence-electron chi connectivity index (χ0n) is 8.03. The molecule has 1 aromatic rings. The fourth-order valence-corrected chi connectivity index (χ4v) is 3.72. The van der Waals surface area contributed by atoms with E-state index in [0.717, 1.165) is 9.81 Å². The molecule has 0 N–H and O–H groups in total. The molecule has 0 spiro atoms. The highest BCUT2D eigenvalue weighted by Crippen LogP contribution is 2.51. The molecule has 14 heavy (non-hydrogen) atoms. The average molecular weight is 222 g/mol. The first-order valence-electron chi connectivity index (χ1n) is 4.35. The number of carbonyl (C=O) groups is 1. The van der Waals surface area contributed by atoms with Crippen LogP contribution in [0, 0.1) is 0 Å². The molecule has 0 radical (unpaired) electrons. The van der Waals surface area contributed by atoms with Gasteiger partial charge in [-0.3, -0.25) is 4.79 Å². The second-order valence-electron chi connectivity index (χ2n) is 3.12. The quantitative estimate of drug-likeness (QED) is 0.674. The Hall–Kier alpha value is -0.670. The first kappa shape index (κ1) is 9.87. The van der Waals surface area contributed by atoms with Crippen LogP contribution in [0.15, 0.2) is 43.9 Å². The molecule has 3 heteroatoms. The van der Waals surface area contributed by atoms with E-state index in [9.17, 15) is 4.79 Å². The molecular formula is C11H10OS2. The number of fused-ring (bicyclic) bond motifs is 1. The lowest BCUT2D eigenvalue weighted by atomic mass is 10.2. The number of benzene rings is 1. The minimum Gasteiger partial charge on any atom is -0.295 e. The van der Waals surface area contributed by atoms with E-state index in [1.807, 2.05) is 19.1 Å². The Morgan fingerprint density at radius 3 is 2.00 bits per heavy atom. The number of hydrogen-bond donors (Lipinski definition) is 0. The van der Waals surface area contributed by atoms with Crippen molar-refractivity contribution in [2.75, 3.05) is 0 Å². The van der Waals surface area contributed by atoms with Gasteiger partial charge < -0.3 is 0 Å². The van der Waals surface area contributed by atoms with E-state index in [-0.39, 0.29) is 5.78 Å². The molecule has 1 aromatic carbocycles. The first-order chi connectivity index (χ1) is 6.68. The Bertz CT molecular complexity index is 394. The summed E-state index contributed by atoms with van der Waals surface area (Å²) in [6.45, 7) is 3.51. The number of thioether (sulfide) groups is 2. The largest absolute Gasteiger partial charge is 0.295 e. The lowest BCUT2D eigenvalue weighted by Gasteiger charge is -1.98. The van der Waals surface area contributed by atoms with Crippen LogP contribution in [0.2, 0.25) is 0 Å². The summed E-state index contributed by atoms with van der Waals surface area (Å²) in [5, 5.41) is 0. The van der Waals surface area contributed by atoms with Crippen molar-refractivity contribution < 1.29 is 4.79 Å². The summed E-state index contributed by atoms with van der Waals surface area (Å²) >= 11 is 3.39. The van der Waals surface area contributed by atoms with Gasteiger partial charge in [-0.1, -0.05) is 35.7 Å². The van der Waals surface area contributed by atoms with Gasteiger partial charge in [0.25, 0.3) is 0 Å². The Kier molecular flexibility index (Phi) is 2.70. The number of rotatable bonds is 1. The molecule has 1 nitrogen and oxygen atoms in total. The number of ketones is 1. The van der Waals surface area contributed by atoms with Crippen LogP contribution in [-0.4, -0.2) is 5.78 Å². The van der Waals surface area contributed by atoms with Crippen molar-refractivity contribution in [1.82, 2.24) is 0 Å². The number of allylic oxidation sites excluding steroid dienone is 1. The Balaban J connectivity index is 2.36. The van der Waals surface area contributed by atoms with Crippen molar-refractivity contribution >= 4 is 29.3 Å². The highest BCUT2D eigenvalue weighted by molar-refractivity contribution is 8.24. The molecule has 0 aromatic heterocycles. The van der Waals surface area contributed by atoms with Crippen molar-refractivity contribution in [3.8, 4) is 0 Å². The van der Waals surface area contributed by atoms with Gasteiger partial charge in [0, 0.05) is 15.4 Å². The number of hydrogen-bond acceptors (Lipinski definition) is 3. The van der Waals surface area contributed by atoms with Crippen molar-refractivity contribution in [2.24, 2.45) is 0 Å². The Morgan fingerprint density at radius 1 is 1.07 bits per heavy atom. The molecule has 0 bridgehead atoms. The van der Waals surface area contributed by atoms with Crippen molar-refractivity contribution in [3.05, 3.63) is 34.1 Å². The van der Waals surface area contributed by atoms with E-state index in [1.54, 1.807) is 30.4 Å². The molecule has 72 valence electrons. The van der Waals surface area contributed by atoms with Crippen molar-refractivity contribution in [2.45, 2.75) is 23.6 Å². The van der Waals surface area contributed by atoms with Crippen LogP contribution >= 0.6 is 23.5 Å². The predicted octanol–water partition coefficient (Wildman–Crippen LogP) is 3.70. The minimum atomic E-state index is 0.160. The normalized spacial score (nSPS) is 14.0. The summed E-state index contributed by atoms with van der Waals surface area (Å²) in [5.74, 6) is 0.160. The van der Waals surface area contributed by atoms with Gasteiger partial charge in [0.15, 0.2) is 5.78 Å². The third-order valence-corrected chi connectivity index (χ3v) is 4.85. The lowest BCUT2D eigenvalue weighted by molar-refractivity contribution is -0.113. The first-order valence-corrected chi connectivity index (χ1v) is 5.98. The fourth-order valence-electron chi connectivity index (χ4n) is 1.14. The van der Waals surface area contributed by atoms with Gasteiger partial charge >= 0.3 is 0 Å². The van der Waals surface area contributed by atoms with Crippen LogP contribution in [0.1, 0.15) is 13.8 Å². The van der Waals surface area contributed by atoms with E-state index in [4.69, 9.17) is 0 Å². The van der Waals surface area contributed by atoms with E-state index >= 15 is 0 Å². The average Bonchev–Trinajstić information content (AvgIpc) is 2.59. The molecule has 1 heterocycles. The molecule has 0 saturated heterocycles. The van der Waals surface area contributed by atoms with Gasteiger partial charge in [0.05, 0.1) is 4.24 Å². The van der Waals surface area contributed by atoms with Gasteiger partial charge in [-0.15, -0.1) is 0 Å². The molecule has 1 aliphatic rings. The molecule has 0 aliphatic carbocycles. The molecule has 0 amide bonds. The maximum Gasteiger partial charge on any atom is 0.157 e. The molecule has 0 atom stereocenters. The second-order valence-corrected chi connectivity index (χ2v) is 5.48. The van der Waals surface area contributed by atoms with E-state index in [2.05, 4.69) is 12.1 Å². The smallest absolute Gasteiger partial charge is 0.157 e. The Labute approximate surface area is 92.0 Å². The van der Waals surface area contributed by atoms with Gasteiger partial charge in [-0.05, 0) is 26.0 Å². The lowest BCUT2D eigenvalue weighted by Crippen LogP contribution is -1.91. The molecule has 2 rings (SSSR count). The zero-order valence-corrected chi connectivity index (χ0v) is 9.67. The molecular weight excluding hydrogens is 212 g/mol. The summed E-state index contributed by atoms with van der Waals surface area (Å²) in [6, 6.07) is 8.23. The zero-order chi connectivity index (χ0) is 10.1. The third-order valence-electron chi connectivity index (χ3n) is 2.09. The van der Waals surface area contributed by atoms with Gasteiger partial charge in [-0.25, -0.2) is 0 Å². The predicted molar refractivity (Wildman–Crippen MR) is 61.5 cm³/mol. The number of carbonyl (C=O) groups excluding carboxylic acids is 1. The third kappa shape index (κ3) is 1.74. The number of Topliss-reactive ketones (excluding diaryl/α,β-unsaturated/α-hetero) is 1. The maximum absolute atomic E-state index is 11.2. The second kappa shape index (κ2) is 3.83. The Morgan fingerprint density at radius 2 is 1.57 bits per heavy atom. The van der Waals surface area contributed by atoms with Crippen LogP contribution < -0.4 is 0 Å². The van der Waals surface area contributed by atoms with E-state index in [0.29, 0.717) is 0 Å². The molecule has 0 unspecified atom stereocenters. The van der Waals surface area contributed by atoms with Crippen LogP contribution in [0.4, 0.5) is 0 Å². The van der Waals surface area contributed by atoms with Crippen molar-refractivity contribution in [3.63, 3.8) is 0 Å². The highest BCUT2D eigenvalue weighted by atomic mass is 32.2. The van der Waals surface area contributed by atoms with E-state index < -0.39 is 0 Å². The highest BCUT2D eigenvalue weighted by Gasteiger charge is 2.19. The van der Waals surface area contributed by atoms with Gasteiger partial charge in [0.1, 0.15) is 0 Å². The summed E-state index contributed by atoms with van der Waals surface area (Å²) in [5.41, 5.74) is 0.871. The summed E-state index contributed by atoms with van der Waals surface area (Å²) in [6.07, 6.45) is 0. The van der Waals surface area contributed by atoms with E-state index in [1.165, 1.54) is 9.79 Å². The van der Waals surface area contributed by atoms with Crippen LogP contribution in [-0.2, 0) is 4.79 Å². The molecule has 1 aliphatic heterocycles. The van der Waals surface area contributed by atoms with Crippen molar-refractivity contribution in [1.29, 1.82) is 0 Å². The molecule has 0 fully saturated rings. The van der Waals surface area contributed by atoms with Gasteiger partial charge in [0.2, 0.25) is 0 Å². The van der Waals surface area contributed by atoms with Crippen LogP contribution in [0.25, 0.3) is 0 Å². The summed E-state index contributed by atoms with van der Waals surface area (Å²) in [7, 11) is 0. The molecule has 0 saturated carbocycles. The summed E-state index contributed by atoms with van der Waals surface area (Å²) < 4.78 is 1.12. The maximum atomic E-state index is 11.2. The topological polar surface area (TPSA) is 17.1 Å². The van der Waals surface area contributed by atoms with Crippen LogP contribution in [0.5, 0.6) is 0 Å². The minimum absolute atomic E-state index is 0.160. The standard InChI is InChI=1S/C11H10OS2/c1-7(8(2)12)11-13-9-5-3-4-6-10(9)14-11/h3-6H,1-2H3. The van der Waals surface area contributed by atoms with Crippen LogP contribution in [0.3, 0.4) is 0 Å². The van der Waals surface area contributed by atoms with Gasteiger partial charge in [-0.2, -0.15) is 0 Å². The fraction of sp³-hybridized carbons (Fsp3) is 0.182. The SMILES string of the molecule is CC(=O)C(C)=C1Sc2ccccc2S1. The monoisotopic (exact) mass is 222 g/mol.